The maximum atomic E-state index is 11.9. The molecule has 2 rings (SSSR count). The Hall–Kier alpha value is -0.870. The molecule has 1 saturated heterocycles. The van der Waals surface area contributed by atoms with Crippen LogP contribution in [-0.4, -0.2) is 23.9 Å². The highest BCUT2D eigenvalue weighted by molar-refractivity contribution is 9.10. The molecule has 1 amide bonds. The average molecular weight is 297 g/mol. The van der Waals surface area contributed by atoms with Crippen molar-refractivity contribution in [1.82, 2.24) is 4.90 Å². The Morgan fingerprint density at radius 1 is 1.47 bits per heavy atom. The van der Waals surface area contributed by atoms with E-state index >= 15 is 0 Å². The van der Waals surface area contributed by atoms with Gasteiger partial charge < -0.3 is 10.6 Å². The molecular formula is C13H17BrN2O. The summed E-state index contributed by atoms with van der Waals surface area (Å²) in [6.07, 6.45) is 2.39. The van der Waals surface area contributed by atoms with Crippen LogP contribution >= 0.6 is 15.9 Å². The zero-order valence-corrected chi connectivity index (χ0v) is 11.5. The van der Waals surface area contributed by atoms with Gasteiger partial charge in [0.15, 0.2) is 0 Å². The third-order valence-corrected chi connectivity index (χ3v) is 3.83. The molecular weight excluding hydrogens is 280 g/mol. The molecule has 2 atom stereocenters. The van der Waals surface area contributed by atoms with Gasteiger partial charge in [-0.3, -0.25) is 4.79 Å². The Labute approximate surface area is 110 Å². The normalized spacial score (nSPS) is 25.8. The van der Waals surface area contributed by atoms with Gasteiger partial charge in [0.25, 0.3) is 0 Å². The number of halogens is 1. The summed E-state index contributed by atoms with van der Waals surface area (Å²) in [5, 5.41) is 0. The first-order chi connectivity index (χ1) is 8.09. The molecule has 2 unspecified atom stereocenters. The zero-order valence-electron chi connectivity index (χ0n) is 9.90. The maximum Gasteiger partial charge on any atom is 0.222 e. The molecule has 1 aliphatic rings. The van der Waals surface area contributed by atoms with Crippen LogP contribution in [0.15, 0.2) is 28.7 Å². The van der Waals surface area contributed by atoms with Crippen molar-refractivity contribution in [3.63, 3.8) is 0 Å². The van der Waals surface area contributed by atoms with E-state index in [-0.39, 0.29) is 18.0 Å². The molecule has 0 radical (unpaired) electrons. The van der Waals surface area contributed by atoms with Gasteiger partial charge in [0.2, 0.25) is 5.91 Å². The largest absolute Gasteiger partial charge is 0.337 e. The second-order valence-corrected chi connectivity index (χ2v) is 5.48. The number of hydrogen-bond donors (Lipinski definition) is 1. The Bertz CT molecular complexity index is 422. The first-order valence-electron chi connectivity index (χ1n) is 5.86. The number of carbonyl (C=O) groups is 1. The number of likely N-dealkylation sites (N-methyl/N-ethyl adjacent to an activating group) is 1. The predicted octanol–water partition coefficient (Wildman–Crippen LogP) is 2.46. The van der Waals surface area contributed by atoms with Crippen molar-refractivity contribution in [3.05, 3.63) is 34.3 Å². The molecule has 0 bridgehead atoms. The molecule has 92 valence electrons. The van der Waals surface area contributed by atoms with Gasteiger partial charge in [-0.1, -0.05) is 28.1 Å². The van der Waals surface area contributed by atoms with Crippen LogP contribution in [0.1, 0.15) is 30.9 Å². The summed E-state index contributed by atoms with van der Waals surface area (Å²) in [7, 11) is 1.85. The smallest absolute Gasteiger partial charge is 0.222 e. The Morgan fingerprint density at radius 3 is 2.94 bits per heavy atom. The number of hydrogen-bond acceptors (Lipinski definition) is 2. The second-order valence-electron chi connectivity index (χ2n) is 4.56. The molecule has 0 aromatic heterocycles. The van der Waals surface area contributed by atoms with E-state index in [1.807, 2.05) is 31.3 Å². The van der Waals surface area contributed by atoms with Gasteiger partial charge in [0, 0.05) is 24.0 Å². The number of amides is 1. The van der Waals surface area contributed by atoms with Crippen LogP contribution in [0.2, 0.25) is 0 Å². The summed E-state index contributed by atoms with van der Waals surface area (Å²) < 4.78 is 1.02. The Morgan fingerprint density at radius 2 is 2.24 bits per heavy atom. The van der Waals surface area contributed by atoms with Gasteiger partial charge in [-0.25, -0.2) is 0 Å². The molecule has 1 aliphatic heterocycles. The van der Waals surface area contributed by atoms with Crippen molar-refractivity contribution in [2.75, 3.05) is 7.05 Å². The highest BCUT2D eigenvalue weighted by atomic mass is 79.9. The average Bonchev–Trinajstić information content (AvgIpc) is 2.40. The van der Waals surface area contributed by atoms with Gasteiger partial charge in [-0.05, 0) is 30.5 Å². The summed E-state index contributed by atoms with van der Waals surface area (Å²) in [5.74, 6) is 0.183. The van der Waals surface area contributed by atoms with Crippen molar-refractivity contribution in [1.29, 1.82) is 0 Å². The van der Waals surface area contributed by atoms with Crippen LogP contribution in [0.25, 0.3) is 0 Å². The number of nitrogens with two attached hydrogens (primary N) is 1. The summed E-state index contributed by atoms with van der Waals surface area (Å²) in [5.41, 5.74) is 7.31. The third-order valence-electron chi connectivity index (χ3n) is 3.33. The van der Waals surface area contributed by atoms with Crippen LogP contribution in [0.3, 0.4) is 0 Å². The lowest BCUT2D eigenvalue weighted by Crippen LogP contribution is -2.39. The standard InChI is InChI=1S/C13H17BrN2O/c1-16-12(17)7-3-6-11(15)13(16)9-4-2-5-10(14)8-9/h2,4-5,8,11,13H,3,6-7,15H2,1H3. The molecule has 1 fully saturated rings. The topological polar surface area (TPSA) is 46.3 Å². The van der Waals surface area contributed by atoms with Crippen molar-refractivity contribution in [3.8, 4) is 0 Å². The van der Waals surface area contributed by atoms with Gasteiger partial charge >= 0.3 is 0 Å². The highest BCUT2D eigenvalue weighted by Crippen LogP contribution is 2.30. The van der Waals surface area contributed by atoms with Crippen LogP contribution in [0.4, 0.5) is 0 Å². The molecule has 3 nitrogen and oxygen atoms in total. The van der Waals surface area contributed by atoms with E-state index < -0.39 is 0 Å². The predicted molar refractivity (Wildman–Crippen MR) is 71.5 cm³/mol. The first-order valence-corrected chi connectivity index (χ1v) is 6.65. The fourth-order valence-corrected chi connectivity index (χ4v) is 2.84. The zero-order chi connectivity index (χ0) is 12.4. The lowest BCUT2D eigenvalue weighted by atomic mass is 9.97. The van der Waals surface area contributed by atoms with E-state index in [2.05, 4.69) is 15.9 Å². The highest BCUT2D eigenvalue weighted by Gasteiger charge is 2.30. The maximum absolute atomic E-state index is 11.9. The van der Waals surface area contributed by atoms with Crippen molar-refractivity contribution < 1.29 is 4.79 Å². The van der Waals surface area contributed by atoms with E-state index in [9.17, 15) is 4.79 Å². The summed E-state index contributed by atoms with van der Waals surface area (Å²) in [6.45, 7) is 0. The van der Waals surface area contributed by atoms with Gasteiger partial charge in [-0.2, -0.15) is 0 Å². The summed E-state index contributed by atoms with van der Waals surface area (Å²) in [4.78, 5) is 13.7. The molecule has 1 aromatic carbocycles. The van der Waals surface area contributed by atoms with E-state index in [0.29, 0.717) is 6.42 Å². The number of likely N-dealkylation sites (tertiary alicyclic amines) is 1. The minimum absolute atomic E-state index is 0.0116. The minimum atomic E-state index is -0.0116. The molecule has 4 heteroatoms. The minimum Gasteiger partial charge on any atom is -0.337 e. The van der Waals surface area contributed by atoms with Gasteiger partial charge in [0.05, 0.1) is 6.04 Å². The van der Waals surface area contributed by atoms with E-state index in [4.69, 9.17) is 5.73 Å². The number of rotatable bonds is 1. The van der Waals surface area contributed by atoms with E-state index in [1.54, 1.807) is 4.90 Å². The first kappa shape index (κ1) is 12.6. The third kappa shape index (κ3) is 2.69. The van der Waals surface area contributed by atoms with Crippen LogP contribution in [0, 0.1) is 0 Å². The Kier molecular flexibility index (Phi) is 3.84. The van der Waals surface area contributed by atoms with Crippen molar-refractivity contribution in [2.24, 2.45) is 5.73 Å². The molecule has 0 aliphatic carbocycles. The van der Waals surface area contributed by atoms with E-state index in [1.165, 1.54) is 0 Å². The van der Waals surface area contributed by atoms with E-state index in [0.717, 1.165) is 22.9 Å². The fraction of sp³-hybridized carbons (Fsp3) is 0.462. The molecule has 1 heterocycles. The number of benzene rings is 1. The van der Waals surface area contributed by atoms with Crippen LogP contribution in [0.5, 0.6) is 0 Å². The fourth-order valence-electron chi connectivity index (χ4n) is 2.43. The summed E-state index contributed by atoms with van der Waals surface area (Å²) in [6, 6.07) is 8.04. The monoisotopic (exact) mass is 296 g/mol. The SMILES string of the molecule is CN1C(=O)CCCC(N)C1c1cccc(Br)c1. The molecule has 17 heavy (non-hydrogen) atoms. The quantitative estimate of drug-likeness (QED) is 0.865. The summed E-state index contributed by atoms with van der Waals surface area (Å²) >= 11 is 3.46. The number of nitrogens with zero attached hydrogens (tertiary/aromatic N) is 1. The number of carbonyl (C=O) groups excluding carboxylic acids is 1. The lowest BCUT2D eigenvalue weighted by molar-refractivity contribution is -0.131. The van der Waals surface area contributed by atoms with Gasteiger partial charge in [-0.15, -0.1) is 0 Å². The molecule has 0 saturated carbocycles. The molecule has 2 N–H and O–H groups in total. The van der Waals surface area contributed by atoms with Crippen molar-refractivity contribution >= 4 is 21.8 Å². The van der Waals surface area contributed by atoms with Crippen LogP contribution < -0.4 is 5.73 Å². The molecule has 1 aromatic rings. The second kappa shape index (κ2) is 5.19. The Balaban J connectivity index is 2.35. The van der Waals surface area contributed by atoms with Crippen molar-refractivity contribution in [2.45, 2.75) is 31.3 Å². The lowest BCUT2D eigenvalue weighted by Gasteiger charge is -2.30. The molecule has 0 spiro atoms. The van der Waals surface area contributed by atoms with Crippen LogP contribution in [-0.2, 0) is 4.79 Å². The van der Waals surface area contributed by atoms with Gasteiger partial charge in [0.1, 0.15) is 0 Å².